The molecule has 84 valence electrons. The summed E-state index contributed by atoms with van der Waals surface area (Å²) >= 11 is 0. The Labute approximate surface area is 91.6 Å². The molecule has 0 fully saturated rings. The molecule has 1 aromatic rings. The molecule has 3 nitrogen and oxygen atoms in total. The van der Waals surface area contributed by atoms with Gasteiger partial charge in [-0.3, -0.25) is 0 Å². The minimum atomic E-state index is -3.14. The highest BCUT2D eigenvalue weighted by atomic mass is 32.2. The third-order valence-corrected chi connectivity index (χ3v) is 3.06. The zero-order chi connectivity index (χ0) is 11.5. The lowest BCUT2D eigenvalue weighted by molar-refractivity contribution is 0.573. The molecule has 0 radical (unpaired) electrons. The van der Waals surface area contributed by atoms with Crippen LogP contribution in [0.4, 0.5) is 0 Å². The summed E-state index contributed by atoms with van der Waals surface area (Å²) in [4.78, 5) is 0. The van der Waals surface area contributed by atoms with Gasteiger partial charge in [-0.25, -0.2) is 13.1 Å². The summed E-state index contributed by atoms with van der Waals surface area (Å²) in [7, 11) is -3.14. The Hall–Kier alpha value is -0.870. The quantitative estimate of drug-likeness (QED) is 0.853. The zero-order valence-electron chi connectivity index (χ0n) is 9.32. The van der Waals surface area contributed by atoms with E-state index in [0.717, 1.165) is 12.0 Å². The Kier molecular flexibility index (Phi) is 3.88. The molecule has 0 aliphatic rings. The summed E-state index contributed by atoms with van der Waals surface area (Å²) in [5, 5.41) is 0. The first-order chi connectivity index (χ1) is 6.92. The average molecular weight is 227 g/mol. The molecule has 0 bridgehead atoms. The van der Waals surface area contributed by atoms with Gasteiger partial charge in [0.1, 0.15) is 0 Å². The molecule has 0 aliphatic carbocycles. The van der Waals surface area contributed by atoms with Crippen molar-refractivity contribution >= 4 is 10.0 Å². The Morgan fingerprint density at radius 3 is 2.20 bits per heavy atom. The van der Waals surface area contributed by atoms with Crippen molar-refractivity contribution in [2.45, 2.75) is 26.3 Å². The average Bonchev–Trinajstić information content (AvgIpc) is 2.15. The molecule has 0 amide bonds. The van der Waals surface area contributed by atoms with Crippen LogP contribution in [0, 0.1) is 0 Å². The second-order valence-electron chi connectivity index (χ2n) is 3.71. The van der Waals surface area contributed by atoms with Crippen LogP contribution in [-0.2, 0) is 16.4 Å². The predicted molar refractivity (Wildman–Crippen MR) is 62.2 cm³/mol. The van der Waals surface area contributed by atoms with Crippen molar-refractivity contribution in [3.63, 3.8) is 0 Å². The van der Waals surface area contributed by atoms with Crippen molar-refractivity contribution < 1.29 is 8.42 Å². The van der Waals surface area contributed by atoms with Crippen LogP contribution < -0.4 is 4.72 Å². The molecular formula is C11H17NO2S. The molecular weight excluding hydrogens is 210 g/mol. The fourth-order valence-corrected chi connectivity index (χ4v) is 2.21. The molecule has 0 aliphatic heterocycles. The minimum Gasteiger partial charge on any atom is -0.213 e. The van der Waals surface area contributed by atoms with E-state index in [9.17, 15) is 8.42 Å². The number of benzene rings is 1. The van der Waals surface area contributed by atoms with Crippen LogP contribution in [0.15, 0.2) is 24.3 Å². The number of aryl methyl sites for hydroxylation is 1. The highest BCUT2D eigenvalue weighted by Gasteiger charge is 2.10. The van der Waals surface area contributed by atoms with Crippen LogP contribution in [0.3, 0.4) is 0 Å². The van der Waals surface area contributed by atoms with E-state index >= 15 is 0 Å². The van der Waals surface area contributed by atoms with E-state index < -0.39 is 10.0 Å². The molecule has 0 spiro atoms. The van der Waals surface area contributed by atoms with Crippen molar-refractivity contribution in [1.82, 2.24) is 4.72 Å². The van der Waals surface area contributed by atoms with Gasteiger partial charge < -0.3 is 0 Å². The molecule has 4 heteroatoms. The van der Waals surface area contributed by atoms with Gasteiger partial charge in [0.25, 0.3) is 0 Å². The van der Waals surface area contributed by atoms with Crippen LogP contribution in [0.1, 0.15) is 31.0 Å². The summed E-state index contributed by atoms with van der Waals surface area (Å²) in [6.07, 6.45) is 2.16. The van der Waals surface area contributed by atoms with Gasteiger partial charge in [0.15, 0.2) is 0 Å². The predicted octanol–water partition coefficient (Wildman–Crippen LogP) is 1.86. The second-order valence-corrected chi connectivity index (χ2v) is 5.49. The Balaban J connectivity index is 2.78. The molecule has 0 saturated carbocycles. The Bertz CT molecular complexity index is 409. The molecule has 0 saturated heterocycles. The zero-order valence-corrected chi connectivity index (χ0v) is 10.1. The lowest BCUT2D eigenvalue weighted by Gasteiger charge is -2.12. The third kappa shape index (κ3) is 4.01. The van der Waals surface area contributed by atoms with Crippen LogP contribution in [-0.4, -0.2) is 14.7 Å². The highest BCUT2D eigenvalue weighted by Crippen LogP contribution is 2.14. The van der Waals surface area contributed by atoms with Gasteiger partial charge in [-0.1, -0.05) is 31.2 Å². The van der Waals surface area contributed by atoms with Gasteiger partial charge >= 0.3 is 0 Å². The first kappa shape index (κ1) is 12.2. The van der Waals surface area contributed by atoms with Crippen LogP contribution >= 0.6 is 0 Å². The fourth-order valence-electron chi connectivity index (χ4n) is 1.43. The molecule has 1 unspecified atom stereocenters. The molecule has 1 aromatic carbocycles. The summed E-state index contributed by atoms with van der Waals surface area (Å²) in [5.74, 6) is 0. The summed E-state index contributed by atoms with van der Waals surface area (Å²) in [6, 6.07) is 7.79. The molecule has 1 N–H and O–H groups in total. The molecule has 15 heavy (non-hydrogen) atoms. The van der Waals surface area contributed by atoms with Crippen molar-refractivity contribution in [2.75, 3.05) is 6.26 Å². The lowest BCUT2D eigenvalue weighted by atomic mass is 10.1. The minimum absolute atomic E-state index is 0.175. The highest BCUT2D eigenvalue weighted by molar-refractivity contribution is 7.88. The maximum Gasteiger partial charge on any atom is 0.209 e. The van der Waals surface area contributed by atoms with Crippen molar-refractivity contribution in [1.29, 1.82) is 0 Å². The van der Waals surface area contributed by atoms with Crippen LogP contribution in [0.5, 0.6) is 0 Å². The van der Waals surface area contributed by atoms with E-state index in [1.807, 2.05) is 31.2 Å². The topological polar surface area (TPSA) is 46.2 Å². The summed E-state index contributed by atoms with van der Waals surface area (Å²) < 4.78 is 24.6. The first-order valence-electron chi connectivity index (χ1n) is 4.98. The van der Waals surface area contributed by atoms with Gasteiger partial charge in [-0.15, -0.1) is 0 Å². The maximum absolute atomic E-state index is 11.0. The van der Waals surface area contributed by atoms with Gasteiger partial charge in [0.05, 0.1) is 6.26 Å². The van der Waals surface area contributed by atoms with Crippen molar-refractivity contribution in [3.05, 3.63) is 35.4 Å². The number of sulfonamides is 1. The number of hydrogen-bond acceptors (Lipinski definition) is 2. The van der Waals surface area contributed by atoms with Crippen LogP contribution in [0.2, 0.25) is 0 Å². The number of rotatable bonds is 4. The molecule has 0 heterocycles. The third-order valence-electron chi connectivity index (χ3n) is 2.28. The molecule has 1 rings (SSSR count). The van der Waals surface area contributed by atoms with Gasteiger partial charge in [-0.2, -0.15) is 0 Å². The van der Waals surface area contributed by atoms with Gasteiger partial charge in [0, 0.05) is 6.04 Å². The van der Waals surface area contributed by atoms with Gasteiger partial charge in [0.2, 0.25) is 10.0 Å². The van der Waals surface area contributed by atoms with Crippen molar-refractivity contribution in [3.8, 4) is 0 Å². The van der Waals surface area contributed by atoms with Crippen molar-refractivity contribution in [2.24, 2.45) is 0 Å². The van der Waals surface area contributed by atoms with E-state index in [1.165, 1.54) is 11.8 Å². The molecule has 1 atom stereocenters. The number of hydrogen-bond donors (Lipinski definition) is 1. The van der Waals surface area contributed by atoms with E-state index in [1.54, 1.807) is 0 Å². The lowest BCUT2D eigenvalue weighted by Crippen LogP contribution is -2.25. The fraction of sp³-hybridized carbons (Fsp3) is 0.455. The number of nitrogens with one attached hydrogen (secondary N) is 1. The van der Waals surface area contributed by atoms with E-state index in [4.69, 9.17) is 0 Å². The van der Waals surface area contributed by atoms with E-state index in [2.05, 4.69) is 11.6 Å². The standard InChI is InChI=1S/C11H17NO2S/c1-4-10-5-7-11(8-6-10)9(2)12-15(3,13)14/h5-9,12H,4H2,1-3H3. The maximum atomic E-state index is 11.0. The smallest absolute Gasteiger partial charge is 0.209 e. The normalized spacial score (nSPS) is 13.8. The largest absolute Gasteiger partial charge is 0.213 e. The first-order valence-corrected chi connectivity index (χ1v) is 6.87. The Morgan fingerprint density at radius 2 is 1.80 bits per heavy atom. The second kappa shape index (κ2) is 4.77. The van der Waals surface area contributed by atoms with E-state index in [-0.39, 0.29) is 6.04 Å². The Morgan fingerprint density at radius 1 is 1.27 bits per heavy atom. The molecule has 0 aromatic heterocycles. The SMILES string of the molecule is CCc1ccc(C(C)NS(C)(=O)=O)cc1. The van der Waals surface area contributed by atoms with Crippen LogP contribution in [0.25, 0.3) is 0 Å². The monoisotopic (exact) mass is 227 g/mol. The summed E-state index contributed by atoms with van der Waals surface area (Å²) in [6.45, 7) is 3.93. The van der Waals surface area contributed by atoms with Gasteiger partial charge in [-0.05, 0) is 24.5 Å². The summed E-state index contributed by atoms with van der Waals surface area (Å²) in [5.41, 5.74) is 2.24. The van der Waals surface area contributed by atoms with E-state index in [0.29, 0.717) is 0 Å².